The normalized spacial score (nSPS) is 11.2. The van der Waals surface area contributed by atoms with E-state index in [1.165, 1.54) is 0 Å². The molecule has 1 aromatic rings. The molecule has 0 aliphatic heterocycles. The fraction of sp³-hybridized carbons (Fsp3) is 0.429. The zero-order valence-electron chi connectivity index (χ0n) is 11.5. The van der Waals surface area contributed by atoms with Gasteiger partial charge in [0.25, 0.3) is 0 Å². The molecule has 1 rings (SSSR count). The van der Waals surface area contributed by atoms with Crippen LogP contribution in [0.5, 0.6) is 0 Å². The summed E-state index contributed by atoms with van der Waals surface area (Å²) in [5.74, 6) is 1.01. The van der Waals surface area contributed by atoms with Crippen molar-refractivity contribution in [3.05, 3.63) is 35.4 Å². The third kappa shape index (κ3) is 5.89. The molecule has 5 nitrogen and oxygen atoms in total. The Kier molecular flexibility index (Phi) is 6.41. The number of nitriles is 1. The number of aliphatic imine (C=N–C) groups is 1. The van der Waals surface area contributed by atoms with E-state index in [-0.39, 0.29) is 0 Å². The second-order valence-electron chi connectivity index (χ2n) is 4.70. The van der Waals surface area contributed by atoms with Gasteiger partial charge in [-0.1, -0.05) is 38.1 Å². The molecule has 5 heteroatoms. The van der Waals surface area contributed by atoms with Crippen molar-refractivity contribution in [3.8, 4) is 6.19 Å². The Morgan fingerprint density at radius 3 is 2.47 bits per heavy atom. The van der Waals surface area contributed by atoms with E-state index in [0.29, 0.717) is 25.0 Å². The maximum absolute atomic E-state index is 8.67. The van der Waals surface area contributed by atoms with Crippen molar-refractivity contribution in [2.45, 2.75) is 26.9 Å². The Labute approximate surface area is 114 Å². The van der Waals surface area contributed by atoms with Gasteiger partial charge in [0, 0.05) is 13.1 Å². The molecule has 0 amide bonds. The maximum Gasteiger partial charge on any atom is 0.205 e. The highest BCUT2D eigenvalue weighted by atomic mass is 15.2. The van der Waals surface area contributed by atoms with Crippen LogP contribution in [-0.4, -0.2) is 12.5 Å². The van der Waals surface area contributed by atoms with Crippen LogP contribution in [-0.2, 0) is 13.1 Å². The Hall–Kier alpha value is -2.06. The third-order valence-corrected chi connectivity index (χ3v) is 2.53. The lowest BCUT2D eigenvalue weighted by Gasteiger charge is -2.10. The molecule has 0 radical (unpaired) electrons. The summed E-state index contributed by atoms with van der Waals surface area (Å²) in [7, 11) is 0. The van der Waals surface area contributed by atoms with E-state index in [1.54, 1.807) is 0 Å². The van der Waals surface area contributed by atoms with E-state index in [4.69, 9.17) is 11.0 Å². The average Bonchev–Trinajstić information content (AvgIpc) is 2.42. The molecule has 1 aromatic carbocycles. The van der Waals surface area contributed by atoms with Crippen LogP contribution in [0, 0.1) is 17.4 Å². The van der Waals surface area contributed by atoms with Gasteiger partial charge in [-0.3, -0.25) is 5.32 Å². The molecule has 0 saturated carbocycles. The first-order chi connectivity index (χ1) is 9.15. The predicted molar refractivity (Wildman–Crippen MR) is 77.1 cm³/mol. The van der Waals surface area contributed by atoms with Crippen molar-refractivity contribution in [3.63, 3.8) is 0 Å². The molecule has 0 fully saturated rings. The highest BCUT2D eigenvalue weighted by Gasteiger charge is 1.99. The van der Waals surface area contributed by atoms with E-state index in [0.717, 1.165) is 17.7 Å². The molecule has 0 heterocycles. The number of hydrogen-bond donors (Lipinski definition) is 3. The monoisotopic (exact) mass is 259 g/mol. The molecule has 0 unspecified atom stereocenters. The lowest BCUT2D eigenvalue weighted by atomic mass is 10.1. The predicted octanol–water partition coefficient (Wildman–Crippen LogP) is 1.32. The summed E-state index contributed by atoms with van der Waals surface area (Å²) in [5, 5.41) is 14.3. The minimum Gasteiger partial charge on any atom is -0.355 e. The van der Waals surface area contributed by atoms with Crippen LogP contribution < -0.4 is 16.4 Å². The summed E-state index contributed by atoms with van der Waals surface area (Å²) < 4.78 is 0. The molecule has 0 aromatic heterocycles. The van der Waals surface area contributed by atoms with Crippen molar-refractivity contribution >= 4 is 5.96 Å². The fourth-order valence-electron chi connectivity index (χ4n) is 1.44. The first-order valence-electron chi connectivity index (χ1n) is 6.37. The molecular formula is C14H21N5. The zero-order valence-corrected chi connectivity index (χ0v) is 11.5. The molecule has 0 bridgehead atoms. The number of nitrogens with zero attached hydrogens (tertiary/aromatic N) is 2. The van der Waals surface area contributed by atoms with E-state index in [9.17, 15) is 0 Å². The summed E-state index contributed by atoms with van der Waals surface area (Å²) in [6.45, 7) is 6.05. The van der Waals surface area contributed by atoms with Gasteiger partial charge in [-0.05, 0) is 17.0 Å². The van der Waals surface area contributed by atoms with E-state index >= 15 is 0 Å². The number of guanidine groups is 1. The van der Waals surface area contributed by atoms with Crippen molar-refractivity contribution < 1.29 is 0 Å². The molecule has 0 aliphatic rings. The molecule has 19 heavy (non-hydrogen) atoms. The lowest BCUT2D eigenvalue weighted by molar-refractivity contribution is 0.619. The minimum atomic E-state index is 0.495. The summed E-state index contributed by atoms with van der Waals surface area (Å²) in [4.78, 5) is 4.35. The molecule has 4 N–H and O–H groups in total. The van der Waals surface area contributed by atoms with Gasteiger partial charge >= 0.3 is 0 Å². The Morgan fingerprint density at radius 2 is 1.95 bits per heavy atom. The average molecular weight is 259 g/mol. The lowest BCUT2D eigenvalue weighted by Crippen LogP contribution is -2.36. The largest absolute Gasteiger partial charge is 0.355 e. The van der Waals surface area contributed by atoms with Gasteiger partial charge in [0.2, 0.25) is 5.96 Å². The zero-order chi connectivity index (χ0) is 14.1. The van der Waals surface area contributed by atoms with Crippen LogP contribution in [0.15, 0.2) is 29.3 Å². The fourth-order valence-corrected chi connectivity index (χ4v) is 1.44. The Morgan fingerprint density at radius 1 is 1.32 bits per heavy atom. The standard InChI is InChI=1S/C14H21N5/c1-11(2)8-17-14(19-10-16)18-9-13-5-3-12(7-15)4-6-13/h3-6,11H,7-9,15H2,1-2H3,(H2,17,18,19). The summed E-state index contributed by atoms with van der Waals surface area (Å²) in [5.41, 5.74) is 7.73. The first kappa shape index (κ1) is 15.0. The van der Waals surface area contributed by atoms with E-state index in [1.807, 2.05) is 30.5 Å². The summed E-state index contributed by atoms with van der Waals surface area (Å²) >= 11 is 0. The smallest absolute Gasteiger partial charge is 0.205 e. The minimum absolute atomic E-state index is 0.495. The van der Waals surface area contributed by atoms with Gasteiger partial charge in [0.1, 0.15) is 0 Å². The molecule has 0 spiro atoms. The van der Waals surface area contributed by atoms with Gasteiger partial charge < -0.3 is 11.1 Å². The van der Waals surface area contributed by atoms with Crippen molar-refractivity contribution in [1.82, 2.24) is 10.6 Å². The van der Waals surface area contributed by atoms with Crippen LogP contribution in [0.1, 0.15) is 25.0 Å². The molecule has 102 valence electrons. The molecule has 0 saturated heterocycles. The van der Waals surface area contributed by atoms with Crippen LogP contribution in [0.2, 0.25) is 0 Å². The van der Waals surface area contributed by atoms with Crippen LogP contribution in [0.3, 0.4) is 0 Å². The number of benzene rings is 1. The van der Waals surface area contributed by atoms with Crippen molar-refractivity contribution in [2.24, 2.45) is 16.6 Å². The van der Waals surface area contributed by atoms with E-state index in [2.05, 4.69) is 29.5 Å². The van der Waals surface area contributed by atoms with Crippen molar-refractivity contribution in [2.75, 3.05) is 6.54 Å². The van der Waals surface area contributed by atoms with Gasteiger partial charge in [0.15, 0.2) is 6.19 Å². The number of nitrogens with two attached hydrogens (primary N) is 1. The second kappa shape index (κ2) is 8.11. The van der Waals surface area contributed by atoms with Crippen LogP contribution >= 0.6 is 0 Å². The molecule has 0 atom stereocenters. The Balaban J connectivity index is 2.60. The molecule has 0 aliphatic carbocycles. The SMILES string of the molecule is CC(C)CNC(=NCc1ccc(CN)cc1)NC#N. The van der Waals surface area contributed by atoms with Crippen molar-refractivity contribution in [1.29, 1.82) is 5.26 Å². The number of nitrogens with one attached hydrogen (secondary N) is 2. The van der Waals surface area contributed by atoms with E-state index < -0.39 is 0 Å². The topological polar surface area (TPSA) is 86.2 Å². The Bertz CT molecular complexity index is 442. The van der Waals surface area contributed by atoms with Crippen LogP contribution in [0.25, 0.3) is 0 Å². The third-order valence-electron chi connectivity index (χ3n) is 2.53. The van der Waals surface area contributed by atoms with Gasteiger partial charge in [-0.25, -0.2) is 4.99 Å². The van der Waals surface area contributed by atoms with Gasteiger partial charge in [-0.2, -0.15) is 5.26 Å². The number of rotatable bonds is 5. The number of hydrogen-bond acceptors (Lipinski definition) is 3. The summed E-state index contributed by atoms with van der Waals surface area (Å²) in [6.07, 6.45) is 1.89. The summed E-state index contributed by atoms with van der Waals surface area (Å²) in [6, 6.07) is 7.98. The second-order valence-corrected chi connectivity index (χ2v) is 4.70. The highest BCUT2D eigenvalue weighted by Crippen LogP contribution is 2.04. The van der Waals surface area contributed by atoms with Gasteiger partial charge in [0.05, 0.1) is 6.54 Å². The van der Waals surface area contributed by atoms with Gasteiger partial charge in [-0.15, -0.1) is 0 Å². The maximum atomic E-state index is 8.67. The first-order valence-corrected chi connectivity index (χ1v) is 6.37. The quantitative estimate of drug-likeness (QED) is 0.322. The van der Waals surface area contributed by atoms with Crippen LogP contribution in [0.4, 0.5) is 0 Å². The highest BCUT2D eigenvalue weighted by molar-refractivity contribution is 5.81. The molecular weight excluding hydrogens is 238 g/mol.